The molecule has 1 aliphatic rings. The third kappa shape index (κ3) is 3.22. The quantitative estimate of drug-likeness (QED) is 0.848. The maximum atomic E-state index is 14.4. The van der Waals surface area contributed by atoms with Gasteiger partial charge in [0.1, 0.15) is 17.3 Å². The number of nitrogens with two attached hydrogens (primary N) is 1. The summed E-state index contributed by atoms with van der Waals surface area (Å²) in [6.07, 6.45) is 2.28. The van der Waals surface area contributed by atoms with Crippen molar-refractivity contribution in [3.05, 3.63) is 35.4 Å². The normalized spacial score (nSPS) is 29.3. The largest absolute Gasteiger partial charge is 0.328 e. The van der Waals surface area contributed by atoms with Crippen molar-refractivity contribution in [3.8, 4) is 0 Å². The first kappa shape index (κ1) is 12.4. The molecule has 0 radical (unpaired) electrons. The van der Waals surface area contributed by atoms with Crippen LogP contribution in [-0.2, 0) is 6.42 Å². The van der Waals surface area contributed by atoms with E-state index in [9.17, 15) is 13.2 Å². The van der Waals surface area contributed by atoms with Gasteiger partial charge in [-0.15, -0.1) is 0 Å². The Balaban J connectivity index is 2.13. The van der Waals surface area contributed by atoms with Gasteiger partial charge in [-0.25, -0.2) is 13.2 Å². The van der Waals surface area contributed by atoms with Crippen LogP contribution in [0.1, 0.15) is 31.2 Å². The molecule has 1 saturated carbocycles. The molecule has 1 aliphatic carbocycles. The molecule has 1 fully saturated rings. The van der Waals surface area contributed by atoms with Crippen molar-refractivity contribution >= 4 is 0 Å². The van der Waals surface area contributed by atoms with E-state index in [1.54, 1.807) is 0 Å². The molecule has 17 heavy (non-hydrogen) atoms. The maximum Gasteiger partial charge on any atom is 0.126 e. The minimum absolute atomic E-state index is 0.0371. The third-order valence-electron chi connectivity index (χ3n) is 3.27. The van der Waals surface area contributed by atoms with Crippen LogP contribution in [0.3, 0.4) is 0 Å². The van der Waals surface area contributed by atoms with E-state index < -0.39 is 17.3 Å². The Labute approximate surface area is 98.8 Å². The van der Waals surface area contributed by atoms with E-state index >= 15 is 0 Å². The molecule has 2 atom stereocenters. The van der Waals surface area contributed by atoms with Crippen LogP contribution in [0.4, 0.5) is 13.2 Å². The molecule has 94 valence electrons. The molecule has 0 heterocycles. The van der Waals surface area contributed by atoms with E-state index in [-0.39, 0.29) is 18.9 Å². The van der Waals surface area contributed by atoms with Gasteiger partial charge in [0.2, 0.25) is 0 Å². The lowest BCUT2D eigenvalue weighted by molar-refractivity contribution is 0.0964. The van der Waals surface area contributed by atoms with Gasteiger partial charge in [-0.05, 0) is 43.4 Å². The first-order chi connectivity index (χ1) is 7.97. The number of hydrogen-bond donors (Lipinski definition) is 1. The molecule has 2 unspecified atom stereocenters. The van der Waals surface area contributed by atoms with Gasteiger partial charge in [0.25, 0.3) is 0 Å². The van der Waals surface area contributed by atoms with Crippen LogP contribution in [0, 0.1) is 11.6 Å². The minimum Gasteiger partial charge on any atom is -0.328 e. The Morgan fingerprint density at radius 2 is 1.88 bits per heavy atom. The number of alkyl halides is 1. The van der Waals surface area contributed by atoms with Gasteiger partial charge in [-0.2, -0.15) is 0 Å². The van der Waals surface area contributed by atoms with Crippen molar-refractivity contribution in [2.75, 3.05) is 0 Å². The molecule has 1 aromatic carbocycles. The third-order valence-corrected chi connectivity index (χ3v) is 3.27. The highest BCUT2D eigenvalue weighted by molar-refractivity contribution is 5.20. The maximum absolute atomic E-state index is 14.4. The van der Waals surface area contributed by atoms with Gasteiger partial charge < -0.3 is 5.73 Å². The number of hydrogen-bond acceptors (Lipinski definition) is 1. The lowest BCUT2D eigenvalue weighted by atomic mass is 9.80. The lowest BCUT2D eigenvalue weighted by Crippen LogP contribution is -2.39. The molecular weight excluding hydrogens is 227 g/mol. The van der Waals surface area contributed by atoms with Gasteiger partial charge in [0.05, 0.1) is 0 Å². The average Bonchev–Trinajstić information content (AvgIpc) is 2.13. The summed E-state index contributed by atoms with van der Waals surface area (Å²) in [5.74, 6) is -1.33. The molecule has 0 aliphatic heterocycles. The SMILES string of the molecule is NC1CCCC(F)(Cc2cc(F)cc(F)c2)C1. The van der Waals surface area contributed by atoms with Crippen LogP contribution < -0.4 is 5.73 Å². The Morgan fingerprint density at radius 3 is 2.47 bits per heavy atom. The zero-order chi connectivity index (χ0) is 12.5. The Morgan fingerprint density at radius 1 is 1.24 bits per heavy atom. The Bertz CT molecular complexity index is 387. The van der Waals surface area contributed by atoms with E-state index in [2.05, 4.69) is 0 Å². The van der Waals surface area contributed by atoms with Crippen molar-refractivity contribution in [3.63, 3.8) is 0 Å². The van der Waals surface area contributed by atoms with E-state index in [0.717, 1.165) is 18.9 Å². The van der Waals surface area contributed by atoms with Crippen molar-refractivity contribution in [1.82, 2.24) is 0 Å². The summed E-state index contributed by atoms with van der Waals surface area (Å²) < 4.78 is 40.4. The van der Waals surface area contributed by atoms with Gasteiger partial charge in [-0.3, -0.25) is 0 Å². The molecule has 2 rings (SSSR count). The van der Waals surface area contributed by atoms with Crippen molar-refractivity contribution in [2.45, 2.75) is 43.8 Å². The second kappa shape index (κ2) is 4.69. The predicted octanol–water partition coefficient (Wildman–Crippen LogP) is 3.12. The second-order valence-electron chi connectivity index (χ2n) is 4.96. The van der Waals surface area contributed by atoms with Crippen molar-refractivity contribution in [2.24, 2.45) is 5.73 Å². The summed E-state index contributed by atoms with van der Waals surface area (Å²) in [5.41, 5.74) is 4.68. The standard InChI is InChI=1S/C13H16F3N/c14-10-4-9(5-11(15)6-10)7-13(16)3-1-2-12(17)8-13/h4-6,12H,1-3,7-8,17H2. The molecule has 4 heteroatoms. The molecule has 0 aromatic heterocycles. The van der Waals surface area contributed by atoms with Crippen LogP contribution in [0.15, 0.2) is 18.2 Å². The minimum atomic E-state index is -1.42. The monoisotopic (exact) mass is 243 g/mol. The number of halogens is 3. The summed E-state index contributed by atoms with van der Waals surface area (Å²) in [6.45, 7) is 0. The molecule has 0 amide bonds. The Hall–Kier alpha value is -1.03. The molecule has 1 nitrogen and oxygen atoms in total. The topological polar surface area (TPSA) is 26.0 Å². The smallest absolute Gasteiger partial charge is 0.126 e. The van der Waals surface area contributed by atoms with Crippen LogP contribution in [0.25, 0.3) is 0 Å². The first-order valence-electron chi connectivity index (χ1n) is 5.86. The summed E-state index contributed by atoms with van der Waals surface area (Å²) in [7, 11) is 0. The van der Waals surface area contributed by atoms with E-state index in [0.29, 0.717) is 12.0 Å². The van der Waals surface area contributed by atoms with Crippen LogP contribution in [0.2, 0.25) is 0 Å². The molecule has 1 aromatic rings. The summed E-state index contributed by atoms with van der Waals surface area (Å²) in [4.78, 5) is 0. The Kier molecular flexibility index (Phi) is 3.43. The first-order valence-corrected chi connectivity index (χ1v) is 5.86. The van der Waals surface area contributed by atoms with Gasteiger partial charge in [0, 0.05) is 18.5 Å². The van der Waals surface area contributed by atoms with Crippen LogP contribution >= 0.6 is 0 Å². The van der Waals surface area contributed by atoms with Crippen molar-refractivity contribution in [1.29, 1.82) is 0 Å². The van der Waals surface area contributed by atoms with Crippen molar-refractivity contribution < 1.29 is 13.2 Å². The molecule has 0 spiro atoms. The van der Waals surface area contributed by atoms with Crippen LogP contribution in [-0.4, -0.2) is 11.7 Å². The molecule has 2 N–H and O–H groups in total. The van der Waals surface area contributed by atoms with Gasteiger partial charge >= 0.3 is 0 Å². The zero-order valence-electron chi connectivity index (χ0n) is 9.56. The number of rotatable bonds is 2. The fraction of sp³-hybridized carbons (Fsp3) is 0.538. The molecule has 0 bridgehead atoms. The predicted molar refractivity (Wildman–Crippen MR) is 60.3 cm³/mol. The zero-order valence-corrected chi connectivity index (χ0v) is 9.56. The van der Waals surface area contributed by atoms with E-state index in [1.165, 1.54) is 12.1 Å². The molecule has 0 saturated heterocycles. The van der Waals surface area contributed by atoms with E-state index in [1.807, 2.05) is 0 Å². The summed E-state index contributed by atoms with van der Waals surface area (Å²) in [6, 6.07) is 3.02. The average molecular weight is 243 g/mol. The highest BCUT2D eigenvalue weighted by Gasteiger charge is 2.35. The lowest BCUT2D eigenvalue weighted by Gasteiger charge is -2.33. The summed E-state index contributed by atoms with van der Waals surface area (Å²) >= 11 is 0. The van der Waals surface area contributed by atoms with Gasteiger partial charge in [-0.1, -0.05) is 0 Å². The van der Waals surface area contributed by atoms with E-state index in [4.69, 9.17) is 5.73 Å². The fourth-order valence-electron chi connectivity index (χ4n) is 2.59. The highest BCUT2D eigenvalue weighted by Crippen LogP contribution is 2.34. The highest BCUT2D eigenvalue weighted by atomic mass is 19.1. The fourth-order valence-corrected chi connectivity index (χ4v) is 2.59. The second-order valence-corrected chi connectivity index (χ2v) is 4.96. The van der Waals surface area contributed by atoms with Gasteiger partial charge in [0.15, 0.2) is 0 Å². The molecular formula is C13H16F3N. The number of benzene rings is 1. The van der Waals surface area contributed by atoms with Crippen LogP contribution in [0.5, 0.6) is 0 Å². The summed E-state index contributed by atoms with van der Waals surface area (Å²) in [5, 5.41) is 0.